The Bertz CT molecular complexity index is 1520. The van der Waals surface area contributed by atoms with Crippen LogP contribution in [0.4, 0.5) is 11.5 Å². The van der Waals surface area contributed by atoms with E-state index in [0.29, 0.717) is 11.6 Å². The normalized spacial score (nSPS) is 11.3. The van der Waals surface area contributed by atoms with Crippen LogP contribution in [0.3, 0.4) is 0 Å². The summed E-state index contributed by atoms with van der Waals surface area (Å²) in [5, 5.41) is 18.7. The molecule has 0 aliphatic rings. The predicted octanol–water partition coefficient (Wildman–Crippen LogP) is 5.91. The summed E-state index contributed by atoms with van der Waals surface area (Å²) < 4.78 is 7.08. The number of rotatable bonds is 8. The maximum atomic E-state index is 13.5. The minimum Gasteiger partial charge on any atom is -0.467 e. The predicted molar refractivity (Wildman–Crippen MR) is 147 cm³/mol. The van der Waals surface area contributed by atoms with E-state index in [1.54, 1.807) is 16.8 Å². The van der Waals surface area contributed by atoms with Gasteiger partial charge in [0.2, 0.25) is 5.91 Å². The number of aromatic nitrogens is 2. The van der Waals surface area contributed by atoms with Crippen molar-refractivity contribution in [2.24, 2.45) is 0 Å². The van der Waals surface area contributed by atoms with E-state index in [4.69, 9.17) is 21.1 Å². The number of carbonyl (C=O) groups excluding carboxylic acids is 2. The number of halogens is 1. The van der Waals surface area contributed by atoms with E-state index in [2.05, 4.69) is 5.32 Å². The fraction of sp³-hybridized carbons (Fsp3) is 0.250. The fourth-order valence-electron chi connectivity index (χ4n) is 3.93. The van der Waals surface area contributed by atoms with Gasteiger partial charge in [-0.15, -0.1) is 0 Å². The lowest BCUT2D eigenvalue weighted by Gasteiger charge is -2.22. The van der Waals surface area contributed by atoms with Gasteiger partial charge in [0.1, 0.15) is 18.1 Å². The molecule has 0 aliphatic carbocycles. The van der Waals surface area contributed by atoms with E-state index in [1.807, 2.05) is 58.0 Å². The van der Waals surface area contributed by atoms with Crippen molar-refractivity contribution in [3.05, 3.63) is 105 Å². The topological polar surface area (TPSA) is 124 Å². The Labute approximate surface area is 230 Å². The average molecular weight is 550 g/mol. The van der Waals surface area contributed by atoms with Gasteiger partial charge in [0, 0.05) is 23.6 Å². The molecule has 0 saturated heterocycles. The SMILES string of the molecule is Cc1ccccc1-n1nc(C(C)(C)C)cc1NC(=O)CN(Cc1ccco1)C(=O)c1ccc([N+](=O)[O-])cc1Cl. The zero-order valence-corrected chi connectivity index (χ0v) is 22.7. The number of nitro benzene ring substituents is 1. The van der Waals surface area contributed by atoms with Crippen LogP contribution in [0.5, 0.6) is 0 Å². The van der Waals surface area contributed by atoms with Gasteiger partial charge < -0.3 is 14.6 Å². The molecule has 39 heavy (non-hydrogen) atoms. The molecule has 2 aromatic carbocycles. The van der Waals surface area contributed by atoms with Gasteiger partial charge in [-0.05, 0) is 36.8 Å². The average Bonchev–Trinajstić information content (AvgIpc) is 3.53. The summed E-state index contributed by atoms with van der Waals surface area (Å²) in [5.41, 5.74) is 2.07. The van der Waals surface area contributed by atoms with Crippen LogP contribution in [0.2, 0.25) is 5.02 Å². The quantitative estimate of drug-likeness (QED) is 0.215. The molecule has 2 heterocycles. The van der Waals surface area contributed by atoms with E-state index >= 15 is 0 Å². The highest BCUT2D eigenvalue weighted by molar-refractivity contribution is 6.34. The zero-order valence-electron chi connectivity index (χ0n) is 22.0. The molecule has 0 bridgehead atoms. The Morgan fingerprint density at radius 3 is 2.49 bits per heavy atom. The molecule has 2 aromatic heterocycles. The van der Waals surface area contributed by atoms with Gasteiger partial charge in [-0.25, -0.2) is 4.68 Å². The minimum absolute atomic E-state index is 0.0170. The van der Waals surface area contributed by atoms with Gasteiger partial charge in [0.25, 0.3) is 11.6 Å². The second-order valence-electron chi connectivity index (χ2n) is 10.1. The summed E-state index contributed by atoms with van der Waals surface area (Å²) in [7, 11) is 0. The van der Waals surface area contributed by atoms with Gasteiger partial charge in [-0.2, -0.15) is 5.10 Å². The van der Waals surface area contributed by atoms with Crippen LogP contribution in [0, 0.1) is 17.0 Å². The van der Waals surface area contributed by atoms with Crippen molar-refractivity contribution in [1.82, 2.24) is 14.7 Å². The number of hydrogen-bond acceptors (Lipinski definition) is 6. The maximum absolute atomic E-state index is 13.5. The third kappa shape index (κ3) is 6.35. The van der Waals surface area contributed by atoms with Gasteiger partial charge in [0.15, 0.2) is 0 Å². The van der Waals surface area contributed by atoms with Crippen molar-refractivity contribution in [2.45, 2.75) is 39.7 Å². The molecule has 0 atom stereocenters. The standard InChI is InChI=1S/C28H28ClN5O5/c1-18-8-5-6-10-23(18)33-25(15-24(31-33)28(2,3)4)30-26(35)17-32(16-20-9-7-13-39-20)27(36)21-12-11-19(34(37)38)14-22(21)29/h5-15H,16-17H2,1-4H3,(H,30,35). The number of furan rings is 1. The van der Waals surface area contributed by atoms with Gasteiger partial charge in [-0.1, -0.05) is 50.6 Å². The molecule has 1 N–H and O–H groups in total. The molecular weight excluding hydrogens is 522 g/mol. The van der Waals surface area contributed by atoms with Crippen molar-refractivity contribution < 1.29 is 18.9 Å². The van der Waals surface area contributed by atoms with Crippen LogP contribution in [-0.4, -0.2) is 38.0 Å². The van der Waals surface area contributed by atoms with Crippen LogP contribution in [0.15, 0.2) is 71.3 Å². The Hall–Kier alpha value is -4.44. The van der Waals surface area contributed by atoms with Gasteiger partial charge >= 0.3 is 0 Å². The molecule has 11 heteroatoms. The second-order valence-corrected chi connectivity index (χ2v) is 10.5. The van der Waals surface area contributed by atoms with Crippen LogP contribution < -0.4 is 5.32 Å². The summed E-state index contributed by atoms with van der Waals surface area (Å²) in [6.45, 7) is 7.69. The number of aryl methyl sites for hydroxylation is 1. The number of non-ortho nitro benzene ring substituents is 1. The Balaban J connectivity index is 1.64. The number of para-hydroxylation sites is 1. The van der Waals surface area contributed by atoms with Crippen molar-refractivity contribution in [3.63, 3.8) is 0 Å². The van der Waals surface area contributed by atoms with E-state index in [0.717, 1.165) is 23.0 Å². The highest BCUT2D eigenvalue weighted by Gasteiger charge is 2.26. The summed E-state index contributed by atoms with van der Waals surface area (Å²) in [6, 6.07) is 16.4. The number of nitrogens with one attached hydrogen (secondary N) is 1. The molecule has 4 rings (SSSR count). The maximum Gasteiger partial charge on any atom is 0.270 e. The smallest absolute Gasteiger partial charge is 0.270 e. The van der Waals surface area contributed by atoms with Crippen LogP contribution in [0.25, 0.3) is 5.69 Å². The highest BCUT2D eigenvalue weighted by Crippen LogP contribution is 2.28. The first kappa shape index (κ1) is 27.6. The van der Waals surface area contributed by atoms with Crippen LogP contribution in [0.1, 0.15) is 48.1 Å². The lowest BCUT2D eigenvalue weighted by Crippen LogP contribution is -2.38. The first-order chi connectivity index (χ1) is 18.4. The van der Waals surface area contributed by atoms with Crippen molar-refractivity contribution >= 4 is 34.9 Å². The first-order valence-electron chi connectivity index (χ1n) is 12.2. The lowest BCUT2D eigenvalue weighted by molar-refractivity contribution is -0.384. The molecule has 2 amide bonds. The number of amides is 2. The molecule has 0 radical (unpaired) electrons. The third-order valence-electron chi connectivity index (χ3n) is 6.03. The number of nitrogens with zero attached hydrogens (tertiary/aromatic N) is 4. The Morgan fingerprint density at radius 1 is 1.13 bits per heavy atom. The summed E-state index contributed by atoms with van der Waals surface area (Å²) in [5.74, 6) is -0.139. The molecule has 0 saturated carbocycles. The summed E-state index contributed by atoms with van der Waals surface area (Å²) in [4.78, 5) is 38.6. The van der Waals surface area contributed by atoms with E-state index in [-0.39, 0.29) is 34.8 Å². The molecule has 202 valence electrons. The number of carbonyl (C=O) groups is 2. The lowest BCUT2D eigenvalue weighted by atomic mass is 9.92. The number of hydrogen-bond donors (Lipinski definition) is 1. The van der Waals surface area contributed by atoms with Crippen molar-refractivity contribution in [3.8, 4) is 5.69 Å². The van der Waals surface area contributed by atoms with Crippen molar-refractivity contribution in [1.29, 1.82) is 0 Å². The van der Waals surface area contributed by atoms with E-state index < -0.39 is 16.7 Å². The second kappa shape index (κ2) is 11.1. The number of anilines is 1. The molecule has 0 fully saturated rings. The molecule has 10 nitrogen and oxygen atoms in total. The van der Waals surface area contributed by atoms with E-state index in [1.165, 1.54) is 23.3 Å². The third-order valence-corrected chi connectivity index (χ3v) is 6.34. The molecule has 4 aromatic rings. The molecule has 0 aliphatic heterocycles. The molecule has 0 spiro atoms. The van der Waals surface area contributed by atoms with Crippen LogP contribution in [-0.2, 0) is 16.8 Å². The summed E-state index contributed by atoms with van der Waals surface area (Å²) in [6.07, 6.45) is 1.46. The summed E-state index contributed by atoms with van der Waals surface area (Å²) >= 11 is 6.22. The minimum atomic E-state index is -0.600. The zero-order chi connectivity index (χ0) is 28.3. The number of benzene rings is 2. The Morgan fingerprint density at radius 2 is 1.87 bits per heavy atom. The van der Waals surface area contributed by atoms with Crippen molar-refractivity contribution in [2.75, 3.05) is 11.9 Å². The fourth-order valence-corrected chi connectivity index (χ4v) is 4.18. The van der Waals surface area contributed by atoms with Gasteiger partial charge in [-0.3, -0.25) is 19.7 Å². The number of nitro groups is 1. The molecule has 0 unspecified atom stereocenters. The Kier molecular flexibility index (Phi) is 7.87. The van der Waals surface area contributed by atoms with E-state index in [9.17, 15) is 19.7 Å². The van der Waals surface area contributed by atoms with Crippen LogP contribution >= 0.6 is 11.6 Å². The van der Waals surface area contributed by atoms with Gasteiger partial charge in [0.05, 0.1) is 39.7 Å². The largest absolute Gasteiger partial charge is 0.467 e. The first-order valence-corrected chi connectivity index (χ1v) is 12.5. The highest BCUT2D eigenvalue weighted by atomic mass is 35.5. The molecular formula is C28H28ClN5O5. The monoisotopic (exact) mass is 549 g/mol.